The Morgan fingerprint density at radius 3 is 2.81 bits per heavy atom. The number of benzene rings is 1. The molecule has 0 aliphatic carbocycles. The van der Waals surface area contributed by atoms with Gasteiger partial charge in [0, 0.05) is 24.7 Å². The molecule has 2 aromatic rings. The molecule has 1 N–H and O–H groups in total. The van der Waals surface area contributed by atoms with E-state index in [4.69, 9.17) is 9.47 Å². The first kappa shape index (κ1) is 18.4. The number of ether oxygens (including phenoxy) is 2. The van der Waals surface area contributed by atoms with Gasteiger partial charge in [-0.2, -0.15) is 0 Å². The first-order valence-corrected chi connectivity index (χ1v) is 9.05. The Morgan fingerprint density at radius 2 is 2.04 bits per heavy atom. The summed E-state index contributed by atoms with van der Waals surface area (Å²) in [6, 6.07) is 10.2. The largest absolute Gasteiger partial charge is 0.496 e. The lowest BCUT2D eigenvalue weighted by atomic mass is 9.95. The number of aromatic nitrogens is 1. The molecule has 0 saturated carbocycles. The number of pyridine rings is 1. The van der Waals surface area contributed by atoms with Crippen LogP contribution in [-0.2, 0) is 22.4 Å². The number of aryl methyl sites for hydroxylation is 2. The quantitative estimate of drug-likeness (QED) is 0.830. The Labute approximate surface area is 154 Å². The van der Waals surface area contributed by atoms with Crippen LogP contribution in [0.5, 0.6) is 5.75 Å². The second-order valence-electron chi connectivity index (χ2n) is 6.84. The zero-order valence-corrected chi connectivity index (χ0v) is 15.4. The average Bonchev–Trinajstić information content (AvgIpc) is 3.08. The summed E-state index contributed by atoms with van der Waals surface area (Å²) in [6.07, 6.45) is 5.65. The number of carbonyl (C=O) groups excluding carboxylic acids is 1. The number of nitrogens with zero attached hydrogens (tertiary/aromatic N) is 1. The molecule has 0 unspecified atom stereocenters. The van der Waals surface area contributed by atoms with Crippen LogP contribution < -0.4 is 10.1 Å². The van der Waals surface area contributed by atoms with Crippen molar-refractivity contribution in [2.24, 2.45) is 5.92 Å². The molecule has 3 rings (SSSR count). The lowest BCUT2D eigenvalue weighted by Gasteiger charge is -2.19. The van der Waals surface area contributed by atoms with E-state index in [9.17, 15) is 4.79 Å². The van der Waals surface area contributed by atoms with Crippen LogP contribution in [0.15, 0.2) is 42.7 Å². The highest BCUT2D eigenvalue weighted by Gasteiger charge is 2.29. The van der Waals surface area contributed by atoms with E-state index in [1.54, 1.807) is 19.5 Å². The van der Waals surface area contributed by atoms with Crippen LogP contribution in [0.25, 0.3) is 0 Å². The molecule has 1 amide bonds. The molecule has 0 radical (unpaired) electrons. The maximum atomic E-state index is 12.4. The van der Waals surface area contributed by atoms with E-state index in [0.717, 1.165) is 23.3 Å². The van der Waals surface area contributed by atoms with Crippen LogP contribution in [0.3, 0.4) is 0 Å². The molecular formula is C21H26N2O3. The topological polar surface area (TPSA) is 60.5 Å². The van der Waals surface area contributed by atoms with Gasteiger partial charge in [0.1, 0.15) is 5.75 Å². The zero-order valence-electron chi connectivity index (χ0n) is 15.4. The number of amides is 1. The number of nitrogens with one attached hydrogen (secondary N) is 1. The summed E-state index contributed by atoms with van der Waals surface area (Å²) in [5.41, 5.74) is 3.43. The minimum Gasteiger partial charge on any atom is -0.496 e. The molecule has 138 valence electrons. The number of rotatable bonds is 7. The molecule has 1 aliphatic rings. The molecule has 1 aromatic heterocycles. The SMILES string of the molecule is COc1cc(CCC(=O)N[C@H]2COC[C@H]2Cc2ccncc2)ccc1C. The Bertz CT molecular complexity index is 733. The van der Waals surface area contributed by atoms with Crippen molar-refractivity contribution in [3.05, 3.63) is 59.4 Å². The molecule has 5 heteroatoms. The molecule has 1 aromatic carbocycles. The summed E-state index contributed by atoms with van der Waals surface area (Å²) in [5.74, 6) is 1.24. The van der Waals surface area contributed by atoms with Crippen molar-refractivity contribution in [3.8, 4) is 5.75 Å². The fraction of sp³-hybridized carbons (Fsp3) is 0.429. The van der Waals surface area contributed by atoms with Gasteiger partial charge in [0.15, 0.2) is 0 Å². The van der Waals surface area contributed by atoms with Gasteiger partial charge >= 0.3 is 0 Å². The second kappa shape index (κ2) is 8.81. The predicted molar refractivity (Wildman–Crippen MR) is 100 cm³/mol. The van der Waals surface area contributed by atoms with Crippen molar-refractivity contribution in [3.63, 3.8) is 0 Å². The highest BCUT2D eigenvalue weighted by Crippen LogP contribution is 2.21. The Hall–Kier alpha value is -2.40. The van der Waals surface area contributed by atoms with Gasteiger partial charge in [-0.25, -0.2) is 0 Å². The first-order valence-electron chi connectivity index (χ1n) is 9.05. The summed E-state index contributed by atoms with van der Waals surface area (Å²) in [7, 11) is 1.67. The number of methoxy groups -OCH3 is 1. The highest BCUT2D eigenvalue weighted by molar-refractivity contribution is 5.76. The van der Waals surface area contributed by atoms with Gasteiger partial charge in [-0.15, -0.1) is 0 Å². The molecule has 5 nitrogen and oxygen atoms in total. The van der Waals surface area contributed by atoms with Gasteiger partial charge in [-0.3, -0.25) is 9.78 Å². The van der Waals surface area contributed by atoms with Crippen LogP contribution in [0.2, 0.25) is 0 Å². The Morgan fingerprint density at radius 1 is 1.23 bits per heavy atom. The molecule has 2 atom stereocenters. The van der Waals surface area contributed by atoms with Crippen LogP contribution >= 0.6 is 0 Å². The fourth-order valence-corrected chi connectivity index (χ4v) is 3.34. The molecule has 1 aliphatic heterocycles. The zero-order chi connectivity index (χ0) is 18.4. The smallest absolute Gasteiger partial charge is 0.220 e. The average molecular weight is 354 g/mol. The summed E-state index contributed by atoms with van der Waals surface area (Å²) in [4.78, 5) is 16.4. The summed E-state index contributed by atoms with van der Waals surface area (Å²) in [6.45, 7) is 3.28. The van der Waals surface area contributed by atoms with Gasteiger partial charge in [-0.1, -0.05) is 12.1 Å². The van der Waals surface area contributed by atoms with Crippen molar-refractivity contribution in [2.75, 3.05) is 20.3 Å². The van der Waals surface area contributed by atoms with Crippen molar-refractivity contribution < 1.29 is 14.3 Å². The third kappa shape index (κ3) is 4.82. The van der Waals surface area contributed by atoms with Gasteiger partial charge in [0.2, 0.25) is 5.91 Å². The summed E-state index contributed by atoms with van der Waals surface area (Å²) in [5, 5.41) is 3.15. The van der Waals surface area contributed by atoms with Crippen LogP contribution in [-0.4, -0.2) is 37.3 Å². The molecule has 0 bridgehead atoms. The van der Waals surface area contributed by atoms with Crippen molar-refractivity contribution in [1.29, 1.82) is 0 Å². The molecular weight excluding hydrogens is 328 g/mol. The minimum absolute atomic E-state index is 0.0692. The van der Waals surface area contributed by atoms with E-state index in [1.807, 2.05) is 31.2 Å². The minimum atomic E-state index is 0.0692. The van der Waals surface area contributed by atoms with E-state index in [2.05, 4.69) is 16.4 Å². The molecule has 26 heavy (non-hydrogen) atoms. The lowest BCUT2D eigenvalue weighted by Crippen LogP contribution is -2.40. The van der Waals surface area contributed by atoms with Crippen molar-refractivity contribution >= 4 is 5.91 Å². The summed E-state index contributed by atoms with van der Waals surface area (Å²) < 4.78 is 11.0. The lowest BCUT2D eigenvalue weighted by molar-refractivity contribution is -0.122. The first-order chi connectivity index (χ1) is 12.7. The monoisotopic (exact) mass is 354 g/mol. The predicted octanol–water partition coefficient (Wildman–Crippen LogP) is 2.71. The van der Waals surface area contributed by atoms with Crippen LogP contribution in [0, 0.1) is 12.8 Å². The van der Waals surface area contributed by atoms with E-state index in [1.165, 1.54) is 5.56 Å². The third-order valence-electron chi connectivity index (χ3n) is 4.91. The number of carbonyl (C=O) groups is 1. The van der Waals surface area contributed by atoms with Crippen LogP contribution in [0.1, 0.15) is 23.1 Å². The highest BCUT2D eigenvalue weighted by atomic mass is 16.5. The van der Waals surface area contributed by atoms with E-state index in [0.29, 0.717) is 32.0 Å². The molecule has 1 saturated heterocycles. The molecule has 0 spiro atoms. The maximum absolute atomic E-state index is 12.4. The van der Waals surface area contributed by atoms with Gasteiger partial charge in [0.05, 0.1) is 26.4 Å². The molecule has 1 fully saturated rings. The standard InChI is InChI=1S/C21H26N2O3/c1-15-3-4-16(12-20(15)25-2)5-6-21(24)23-19-14-26-13-18(19)11-17-7-9-22-10-8-17/h3-4,7-10,12,18-19H,5-6,11,13-14H2,1-2H3,(H,23,24)/t18-,19+/m1/s1. The number of hydrogen-bond acceptors (Lipinski definition) is 4. The maximum Gasteiger partial charge on any atom is 0.220 e. The fourth-order valence-electron chi connectivity index (χ4n) is 3.34. The normalized spacial score (nSPS) is 19.3. The summed E-state index contributed by atoms with van der Waals surface area (Å²) >= 11 is 0. The Balaban J connectivity index is 1.51. The second-order valence-corrected chi connectivity index (χ2v) is 6.84. The number of hydrogen-bond donors (Lipinski definition) is 1. The van der Waals surface area contributed by atoms with Crippen molar-refractivity contribution in [2.45, 2.75) is 32.2 Å². The van der Waals surface area contributed by atoms with Gasteiger partial charge in [0.25, 0.3) is 0 Å². The van der Waals surface area contributed by atoms with Crippen LogP contribution in [0.4, 0.5) is 0 Å². The van der Waals surface area contributed by atoms with Gasteiger partial charge in [-0.05, 0) is 54.7 Å². The van der Waals surface area contributed by atoms with E-state index in [-0.39, 0.29) is 11.9 Å². The third-order valence-corrected chi connectivity index (χ3v) is 4.91. The van der Waals surface area contributed by atoms with E-state index >= 15 is 0 Å². The van der Waals surface area contributed by atoms with Crippen molar-refractivity contribution in [1.82, 2.24) is 10.3 Å². The Kier molecular flexibility index (Phi) is 6.23. The molecule has 2 heterocycles. The van der Waals surface area contributed by atoms with E-state index < -0.39 is 0 Å². The van der Waals surface area contributed by atoms with Gasteiger partial charge < -0.3 is 14.8 Å².